The summed E-state index contributed by atoms with van der Waals surface area (Å²) in [5, 5.41) is 9.46. The van der Waals surface area contributed by atoms with Gasteiger partial charge in [0.2, 0.25) is 0 Å². The smallest absolute Gasteiger partial charge is 0.252 e. The molecule has 1 aromatic rings. The Kier molecular flexibility index (Phi) is 13.0. The van der Waals surface area contributed by atoms with Crippen LogP contribution in [0.5, 0.6) is 0 Å². The number of carbonyl (C=O) groups is 1. The van der Waals surface area contributed by atoms with Gasteiger partial charge < -0.3 is 16.0 Å². The fraction of sp³-hybridized carbons (Fsp3) is 0.632. The lowest BCUT2D eigenvalue weighted by atomic mass is 9.87. The summed E-state index contributed by atoms with van der Waals surface area (Å²) in [5.41, 5.74) is 0.806. The number of guanidine groups is 1. The van der Waals surface area contributed by atoms with Gasteiger partial charge in [0.25, 0.3) is 5.91 Å². The highest BCUT2D eigenvalue weighted by Gasteiger charge is 2.17. The molecule has 0 aliphatic heterocycles. The second-order valence-corrected chi connectivity index (χ2v) is 6.97. The van der Waals surface area contributed by atoms with E-state index in [2.05, 4.69) is 46.7 Å². The Morgan fingerprint density at radius 3 is 2.54 bits per heavy atom. The summed E-state index contributed by atoms with van der Waals surface area (Å²) in [7, 11) is 1.76. The van der Waals surface area contributed by atoms with Gasteiger partial charge in [0.15, 0.2) is 5.96 Å². The number of nitrogens with zero attached hydrogens (tertiary/aromatic N) is 2. The van der Waals surface area contributed by atoms with Gasteiger partial charge in [-0.15, -0.1) is 24.0 Å². The maximum atomic E-state index is 11.9. The van der Waals surface area contributed by atoms with E-state index < -0.39 is 0 Å². The number of unbranched alkanes of at least 4 members (excludes halogenated alkanes) is 2. The molecule has 0 fully saturated rings. The molecule has 0 atom stereocenters. The average Bonchev–Trinajstić information content (AvgIpc) is 2.61. The van der Waals surface area contributed by atoms with Crippen molar-refractivity contribution in [3.63, 3.8) is 0 Å². The van der Waals surface area contributed by atoms with Crippen molar-refractivity contribution in [1.82, 2.24) is 20.9 Å². The molecule has 0 unspecified atom stereocenters. The van der Waals surface area contributed by atoms with Crippen LogP contribution in [0.1, 0.15) is 56.8 Å². The lowest BCUT2D eigenvalue weighted by Crippen LogP contribution is -2.44. The normalized spacial score (nSPS) is 11.5. The molecule has 0 spiro atoms. The number of aromatic nitrogens is 1. The third-order valence-electron chi connectivity index (χ3n) is 4.04. The van der Waals surface area contributed by atoms with Gasteiger partial charge in [-0.25, -0.2) is 0 Å². The first-order chi connectivity index (χ1) is 12.0. The Morgan fingerprint density at radius 1 is 1.19 bits per heavy atom. The number of amides is 1. The second kappa shape index (κ2) is 13.8. The lowest BCUT2D eigenvalue weighted by molar-refractivity contribution is 0.0954. The van der Waals surface area contributed by atoms with Crippen LogP contribution in [-0.4, -0.2) is 43.5 Å². The molecule has 0 aliphatic rings. The number of hydrogen-bond acceptors (Lipinski definition) is 3. The zero-order valence-electron chi connectivity index (χ0n) is 16.5. The summed E-state index contributed by atoms with van der Waals surface area (Å²) in [6.07, 6.45) is 8.20. The maximum Gasteiger partial charge on any atom is 0.252 e. The largest absolute Gasteiger partial charge is 0.356 e. The summed E-state index contributed by atoms with van der Waals surface area (Å²) >= 11 is 0. The highest BCUT2D eigenvalue weighted by molar-refractivity contribution is 14.0. The van der Waals surface area contributed by atoms with E-state index in [-0.39, 0.29) is 35.3 Å². The van der Waals surface area contributed by atoms with Crippen LogP contribution in [-0.2, 0) is 0 Å². The first-order valence-corrected chi connectivity index (χ1v) is 9.11. The van der Waals surface area contributed by atoms with E-state index in [0.717, 1.165) is 12.5 Å². The molecule has 1 amide bonds. The number of aliphatic imine (C=N–C) groups is 1. The van der Waals surface area contributed by atoms with Gasteiger partial charge in [0.1, 0.15) is 0 Å². The van der Waals surface area contributed by atoms with Crippen molar-refractivity contribution in [3.8, 4) is 0 Å². The topological polar surface area (TPSA) is 78.4 Å². The Labute approximate surface area is 175 Å². The fourth-order valence-corrected chi connectivity index (χ4v) is 2.44. The van der Waals surface area contributed by atoms with Crippen molar-refractivity contribution in [3.05, 3.63) is 30.1 Å². The molecular formula is C19H34IN5O. The van der Waals surface area contributed by atoms with Crippen molar-refractivity contribution in [2.24, 2.45) is 10.4 Å². The van der Waals surface area contributed by atoms with Crippen LogP contribution >= 0.6 is 24.0 Å². The van der Waals surface area contributed by atoms with Crippen molar-refractivity contribution in [2.45, 2.75) is 46.5 Å². The lowest BCUT2D eigenvalue weighted by Gasteiger charge is -2.26. The predicted molar refractivity (Wildman–Crippen MR) is 119 cm³/mol. The summed E-state index contributed by atoms with van der Waals surface area (Å²) < 4.78 is 0. The summed E-state index contributed by atoms with van der Waals surface area (Å²) in [4.78, 5) is 20.1. The molecule has 1 aromatic heterocycles. The van der Waals surface area contributed by atoms with Crippen molar-refractivity contribution < 1.29 is 4.79 Å². The van der Waals surface area contributed by atoms with E-state index in [1.807, 2.05) is 0 Å². The first kappa shape index (κ1) is 24.6. The third kappa shape index (κ3) is 10.6. The standard InChI is InChI=1S/C19H33N5O.HI/c1-5-6-7-10-19(2,3)15-24-18(20-4)23-13-12-22-17(25)16-9-8-11-21-14-16;/h8-9,11,14H,5-7,10,12-13,15H2,1-4H3,(H,22,25)(H2,20,23,24);1H. The average molecular weight is 475 g/mol. The molecule has 0 saturated heterocycles. The Balaban J connectivity index is 0.00000625. The molecule has 6 nitrogen and oxygen atoms in total. The van der Waals surface area contributed by atoms with E-state index in [1.54, 1.807) is 31.6 Å². The highest BCUT2D eigenvalue weighted by Crippen LogP contribution is 2.22. The van der Waals surface area contributed by atoms with Gasteiger partial charge in [0, 0.05) is 39.1 Å². The van der Waals surface area contributed by atoms with Gasteiger partial charge in [-0.2, -0.15) is 0 Å². The molecule has 0 bridgehead atoms. The van der Waals surface area contributed by atoms with Crippen molar-refractivity contribution >= 4 is 35.8 Å². The zero-order valence-corrected chi connectivity index (χ0v) is 18.8. The fourth-order valence-electron chi connectivity index (χ4n) is 2.44. The van der Waals surface area contributed by atoms with Gasteiger partial charge in [-0.3, -0.25) is 14.8 Å². The first-order valence-electron chi connectivity index (χ1n) is 9.11. The minimum Gasteiger partial charge on any atom is -0.356 e. The predicted octanol–water partition coefficient (Wildman–Crippen LogP) is 3.20. The molecule has 1 rings (SSSR count). The minimum absolute atomic E-state index is 0. The van der Waals surface area contributed by atoms with Gasteiger partial charge >= 0.3 is 0 Å². The van der Waals surface area contributed by atoms with Crippen LogP contribution < -0.4 is 16.0 Å². The number of hydrogen-bond donors (Lipinski definition) is 3. The van der Waals surface area contributed by atoms with E-state index >= 15 is 0 Å². The van der Waals surface area contributed by atoms with Gasteiger partial charge in [0.05, 0.1) is 5.56 Å². The molecule has 1 heterocycles. The molecule has 0 radical (unpaired) electrons. The molecule has 26 heavy (non-hydrogen) atoms. The quantitative estimate of drug-likeness (QED) is 0.210. The molecule has 0 aliphatic carbocycles. The molecule has 148 valence electrons. The third-order valence-corrected chi connectivity index (χ3v) is 4.04. The number of halogens is 1. The van der Waals surface area contributed by atoms with Crippen LogP contribution in [0.3, 0.4) is 0 Å². The van der Waals surface area contributed by atoms with Crippen LogP contribution in [0, 0.1) is 5.41 Å². The Morgan fingerprint density at radius 2 is 1.92 bits per heavy atom. The Bertz CT molecular complexity index is 534. The summed E-state index contributed by atoms with van der Waals surface area (Å²) in [5.74, 6) is 0.647. The van der Waals surface area contributed by atoms with E-state index in [4.69, 9.17) is 0 Å². The second-order valence-electron chi connectivity index (χ2n) is 6.97. The number of nitrogens with one attached hydrogen (secondary N) is 3. The van der Waals surface area contributed by atoms with E-state index in [1.165, 1.54) is 25.7 Å². The van der Waals surface area contributed by atoms with Gasteiger partial charge in [-0.05, 0) is 24.0 Å². The van der Waals surface area contributed by atoms with Crippen LogP contribution in [0.25, 0.3) is 0 Å². The van der Waals surface area contributed by atoms with E-state index in [0.29, 0.717) is 18.7 Å². The zero-order chi connectivity index (χ0) is 18.5. The molecule has 0 aromatic carbocycles. The maximum absolute atomic E-state index is 11.9. The number of carbonyl (C=O) groups excluding carboxylic acids is 1. The van der Waals surface area contributed by atoms with Crippen LogP contribution in [0.15, 0.2) is 29.5 Å². The summed E-state index contributed by atoms with van der Waals surface area (Å²) in [6, 6.07) is 3.50. The number of pyridine rings is 1. The monoisotopic (exact) mass is 475 g/mol. The van der Waals surface area contributed by atoms with Gasteiger partial charge in [-0.1, -0.05) is 40.0 Å². The van der Waals surface area contributed by atoms with Crippen LogP contribution in [0.4, 0.5) is 0 Å². The van der Waals surface area contributed by atoms with Crippen molar-refractivity contribution in [2.75, 3.05) is 26.7 Å². The van der Waals surface area contributed by atoms with Crippen molar-refractivity contribution in [1.29, 1.82) is 0 Å². The SMILES string of the molecule is CCCCCC(C)(C)CNC(=NC)NCCNC(=O)c1cccnc1.I. The Hall–Kier alpha value is -1.38. The molecule has 3 N–H and O–H groups in total. The molecule has 7 heteroatoms. The molecule has 0 saturated carbocycles. The number of rotatable bonds is 10. The highest BCUT2D eigenvalue weighted by atomic mass is 127. The molecular weight excluding hydrogens is 441 g/mol. The minimum atomic E-state index is -0.116. The summed E-state index contributed by atoms with van der Waals surface area (Å²) in [6.45, 7) is 8.78. The van der Waals surface area contributed by atoms with E-state index in [9.17, 15) is 4.79 Å². The van der Waals surface area contributed by atoms with Crippen LogP contribution in [0.2, 0.25) is 0 Å².